The molecule has 3 rings (SSSR count). The van der Waals surface area contributed by atoms with Crippen LogP contribution in [0, 0.1) is 6.92 Å². The molecule has 23 heavy (non-hydrogen) atoms. The van der Waals surface area contributed by atoms with E-state index >= 15 is 0 Å². The van der Waals surface area contributed by atoms with Crippen LogP contribution in [0.1, 0.15) is 30.3 Å². The van der Waals surface area contributed by atoms with Crippen LogP contribution in [0.2, 0.25) is 0 Å². The van der Waals surface area contributed by atoms with E-state index in [-0.39, 0.29) is 18.4 Å². The smallest absolute Gasteiger partial charge is 0.248 e. The van der Waals surface area contributed by atoms with Crippen molar-refractivity contribution >= 4 is 5.91 Å². The highest BCUT2D eigenvalue weighted by Gasteiger charge is 2.25. The van der Waals surface area contributed by atoms with Gasteiger partial charge in [-0.2, -0.15) is 0 Å². The zero-order valence-corrected chi connectivity index (χ0v) is 13.6. The van der Waals surface area contributed by atoms with Crippen molar-refractivity contribution in [2.75, 3.05) is 26.8 Å². The van der Waals surface area contributed by atoms with Crippen LogP contribution in [-0.2, 0) is 9.53 Å². The average molecular weight is 314 g/mol. The molecule has 1 saturated heterocycles. The summed E-state index contributed by atoms with van der Waals surface area (Å²) in [5.41, 5.74) is 1.03. The van der Waals surface area contributed by atoms with Gasteiger partial charge >= 0.3 is 0 Å². The summed E-state index contributed by atoms with van der Waals surface area (Å²) in [7, 11) is 1.55. The summed E-state index contributed by atoms with van der Waals surface area (Å²) in [6, 6.07) is 6.05. The summed E-state index contributed by atoms with van der Waals surface area (Å²) in [6.07, 6.45) is 5.73. The summed E-state index contributed by atoms with van der Waals surface area (Å²) >= 11 is 0. The first-order valence-electron chi connectivity index (χ1n) is 7.93. The SMILES string of the molecule is COCC(=O)N1CCC[C@@H](c2cccc(-n3ccnc3C)n2)C1. The third kappa shape index (κ3) is 3.42. The molecule has 2 aromatic rings. The van der Waals surface area contributed by atoms with Gasteiger partial charge in [-0.05, 0) is 31.9 Å². The number of hydrogen-bond acceptors (Lipinski definition) is 4. The van der Waals surface area contributed by atoms with Crippen LogP contribution < -0.4 is 0 Å². The third-order valence-electron chi connectivity index (χ3n) is 4.29. The average Bonchev–Trinajstić information content (AvgIpc) is 3.01. The lowest BCUT2D eigenvalue weighted by molar-refractivity contribution is -0.136. The molecule has 1 aliphatic rings. The number of aromatic nitrogens is 3. The minimum atomic E-state index is 0.0545. The topological polar surface area (TPSA) is 60.2 Å². The van der Waals surface area contributed by atoms with E-state index in [0.29, 0.717) is 6.54 Å². The van der Waals surface area contributed by atoms with E-state index in [0.717, 1.165) is 36.7 Å². The summed E-state index contributed by atoms with van der Waals surface area (Å²) in [5, 5.41) is 0. The number of imidazole rings is 1. The van der Waals surface area contributed by atoms with E-state index < -0.39 is 0 Å². The number of amides is 1. The number of ether oxygens (including phenoxy) is 1. The molecule has 3 heterocycles. The largest absolute Gasteiger partial charge is 0.375 e. The summed E-state index contributed by atoms with van der Waals surface area (Å²) in [6.45, 7) is 3.62. The molecule has 1 fully saturated rings. The van der Waals surface area contributed by atoms with Gasteiger partial charge in [-0.3, -0.25) is 9.36 Å². The Kier molecular flexibility index (Phi) is 4.71. The monoisotopic (exact) mass is 314 g/mol. The standard InChI is InChI=1S/C17H22N4O2/c1-13-18-8-10-21(13)16-7-3-6-15(19-16)14-5-4-9-20(11-14)17(22)12-23-2/h3,6-8,10,14H,4-5,9,11-12H2,1-2H3/t14-/m1/s1. The van der Waals surface area contributed by atoms with Gasteiger partial charge in [0.2, 0.25) is 5.91 Å². The van der Waals surface area contributed by atoms with Crippen molar-refractivity contribution < 1.29 is 9.53 Å². The molecule has 0 N–H and O–H groups in total. The fourth-order valence-electron chi connectivity index (χ4n) is 3.08. The summed E-state index contributed by atoms with van der Waals surface area (Å²) in [5.74, 6) is 2.11. The first-order chi connectivity index (χ1) is 11.2. The van der Waals surface area contributed by atoms with E-state index in [9.17, 15) is 4.79 Å². The van der Waals surface area contributed by atoms with Crippen LogP contribution in [0.4, 0.5) is 0 Å². The molecule has 1 amide bonds. The number of hydrogen-bond donors (Lipinski definition) is 0. The van der Waals surface area contributed by atoms with Crippen molar-refractivity contribution in [2.45, 2.75) is 25.7 Å². The molecule has 0 saturated carbocycles. The van der Waals surface area contributed by atoms with Gasteiger partial charge in [0.1, 0.15) is 18.2 Å². The van der Waals surface area contributed by atoms with Gasteiger partial charge in [0.05, 0.1) is 0 Å². The van der Waals surface area contributed by atoms with Crippen LogP contribution >= 0.6 is 0 Å². The second-order valence-corrected chi connectivity index (χ2v) is 5.88. The number of aryl methyl sites for hydroxylation is 1. The maximum absolute atomic E-state index is 12.0. The van der Waals surface area contributed by atoms with E-state index in [2.05, 4.69) is 4.98 Å². The van der Waals surface area contributed by atoms with E-state index in [1.807, 2.05) is 40.8 Å². The number of methoxy groups -OCH3 is 1. The number of nitrogens with zero attached hydrogens (tertiary/aromatic N) is 4. The van der Waals surface area contributed by atoms with Crippen molar-refractivity contribution in [1.82, 2.24) is 19.4 Å². The van der Waals surface area contributed by atoms with Crippen molar-refractivity contribution in [2.24, 2.45) is 0 Å². The van der Waals surface area contributed by atoms with Gasteiger partial charge in [-0.1, -0.05) is 6.07 Å². The molecule has 2 aromatic heterocycles. The molecule has 1 aliphatic heterocycles. The van der Waals surface area contributed by atoms with Crippen LogP contribution in [0.15, 0.2) is 30.6 Å². The zero-order chi connectivity index (χ0) is 16.2. The highest BCUT2D eigenvalue weighted by molar-refractivity contribution is 5.77. The fourth-order valence-corrected chi connectivity index (χ4v) is 3.08. The van der Waals surface area contributed by atoms with Crippen LogP contribution in [-0.4, -0.2) is 52.1 Å². The summed E-state index contributed by atoms with van der Waals surface area (Å²) < 4.78 is 6.93. The maximum Gasteiger partial charge on any atom is 0.248 e. The summed E-state index contributed by atoms with van der Waals surface area (Å²) in [4.78, 5) is 23.0. The molecule has 6 nitrogen and oxygen atoms in total. The Morgan fingerprint density at radius 2 is 2.30 bits per heavy atom. The molecule has 0 aliphatic carbocycles. The van der Waals surface area contributed by atoms with Gasteiger partial charge in [0.25, 0.3) is 0 Å². The molecular formula is C17H22N4O2. The fraction of sp³-hybridized carbons (Fsp3) is 0.471. The van der Waals surface area contributed by atoms with Gasteiger partial charge in [0, 0.05) is 44.2 Å². The minimum Gasteiger partial charge on any atom is -0.375 e. The Balaban J connectivity index is 1.79. The Labute approximate surface area is 136 Å². The molecule has 0 spiro atoms. The molecule has 1 atom stereocenters. The van der Waals surface area contributed by atoms with Gasteiger partial charge in [0.15, 0.2) is 0 Å². The lowest BCUT2D eigenvalue weighted by atomic mass is 9.94. The number of carbonyl (C=O) groups excluding carboxylic acids is 1. The van der Waals surface area contributed by atoms with Crippen LogP contribution in [0.25, 0.3) is 5.82 Å². The van der Waals surface area contributed by atoms with Gasteiger partial charge < -0.3 is 9.64 Å². The minimum absolute atomic E-state index is 0.0545. The highest BCUT2D eigenvalue weighted by Crippen LogP contribution is 2.26. The van der Waals surface area contributed by atoms with E-state index in [1.54, 1.807) is 13.3 Å². The first kappa shape index (κ1) is 15.7. The quantitative estimate of drug-likeness (QED) is 0.865. The normalized spacial score (nSPS) is 18.2. The van der Waals surface area contributed by atoms with Gasteiger partial charge in [-0.25, -0.2) is 9.97 Å². The lowest BCUT2D eigenvalue weighted by Gasteiger charge is -2.32. The predicted molar refractivity (Wildman–Crippen MR) is 86.5 cm³/mol. The van der Waals surface area contributed by atoms with E-state index in [1.165, 1.54) is 0 Å². The number of likely N-dealkylation sites (tertiary alicyclic amines) is 1. The van der Waals surface area contributed by atoms with Crippen molar-refractivity contribution in [1.29, 1.82) is 0 Å². The van der Waals surface area contributed by atoms with Gasteiger partial charge in [-0.15, -0.1) is 0 Å². The maximum atomic E-state index is 12.0. The molecule has 6 heteroatoms. The van der Waals surface area contributed by atoms with E-state index in [4.69, 9.17) is 9.72 Å². The van der Waals surface area contributed by atoms with Crippen molar-refractivity contribution in [3.63, 3.8) is 0 Å². The molecule has 0 unspecified atom stereocenters. The number of piperidine rings is 1. The third-order valence-corrected chi connectivity index (χ3v) is 4.29. The molecule has 122 valence electrons. The Morgan fingerprint density at radius 1 is 1.43 bits per heavy atom. The number of rotatable bonds is 4. The molecule has 0 bridgehead atoms. The van der Waals surface area contributed by atoms with Crippen molar-refractivity contribution in [3.05, 3.63) is 42.1 Å². The predicted octanol–water partition coefficient (Wildman–Crippen LogP) is 1.93. The molecule has 0 aromatic carbocycles. The Morgan fingerprint density at radius 3 is 3.04 bits per heavy atom. The molecular weight excluding hydrogens is 292 g/mol. The first-order valence-corrected chi connectivity index (χ1v) is 7.93. The van der Waals surface area contributed by atoms with Crippen LogP contribution in [0.3, 0.4) is 0 Å². The zero-order valence-electron chi connectivity index (χ0n) is 13.6. The Hall–Kier alpha value is -2.21. The highest BCUT2D eigenvalue weighted by atomic mass is 16.5. The number of carbonyl (C=O) groups is 1. The lowest BCUT2D eigenvalue weighted by Crippen LogP contribution is -2.41. The Bertz CT molecular complexity index is 683. The number of pyridine rings is 1. The second-order valence-electron chi connectivity index (χ2n) is 5.88. The van der Waals surface area contributed by atoms with Crippen molar-refractivity contribution in [3.8, 4) is 5.82 Å². The van der Waals surface area contributed by atoms with Crippen LogP contribution in [0.5, 0.6) is 0 Å². The second kappa shape index (κ2) is 6.91. The molecule has 0 radical (unpaired) electrons.